The average Bonchev–Trinajstić information content (AvgIpc) is 3.35. The standard InChI is InChI=1S/C49H71Si.3ClH.Ti/c1-20-33-22-21-23-43(33)50(40-27-34(44(2,3)4)24-35(28-40)45(5,6)7,41-29-36(46(8,9)10)25-37(30-41)47(11,12)13)42-31-38(48(14,15)16)26-39(32-42)49(17,18)19;;;;/h22,24-32H,20-21H2,1-19H3;3*1H;/q;;;;+3/p-3. The van der Waals surface area contributed by atoms with Crippen LogP contribution in [0.3, 0.4) is 0 Å². The van der Waals surface area contributed by atoms with E-state index in [-0.39, 0.29) is 69.7 Å². The second-order valence-electron chi connectivity index (χ2n) is 21.8. The van der Waals surface area contributed by atoms with Gasteiger partial charge in [0.05, 0.1) is 0 Å². The third kappa shape index (κ3) is 10.5. The zero-order chi connectivity index (χ0) is 38.9. The van der Waals surface area contributed by atoms with Gasteiger partial charge in [0.25, 0.3) is 0 Å². The molecule has 1 aliphatic carbocycles. The number of hydrogen-bond donors (Lipinski definition) is 0. The zero-order valence-corrected chi connectivity index (χ0v) is 42.2. The summed E-state index contributed by atoms with van der Waals surface area (Å²) in [4.78, 5) is 0. The molecule has 0 aromatic heterocycles. The van der Waals surface area contributed by atoms with Crippen LogP contribution in [0.15, 0.2) is 75.3 Å². The zero-order valence-electron chi connectivity index (χ0n) is 37.3. The van der Waals surface area contributed by atoms with E-state index in [0.29, 0.717) is 0 Å². The second kappa shape index (κ2) is 17.0. The number of rotatable bonds is 5. The van der Waals surface area contributed by atoms with Crippen LogP contribution in [-0.4, -0.2) is 8.07 Å². The fourth-order valence-electron chi connectivity index (χ4n) is 7.47. The molecule has 0 atom stereocenters. The summed E-state index contributed by atoms with van der Waals surface area (Å²) in [5, 5.41) is 6.25. The van der Waals surface area contributed by atoms with Gasteiger partial charge >= 0.3 is 330 Å². The minimum Gasteiger partial charge on any atom is -1.00 e. The molecular formula is C49H71Cl3SiTi. The molecule has 0 unspecified atom stereocenters. The smallest absolute Gasteiger partial charge is 1.00 e. The Balaban J connectivity index is 0.00000486. The van der Waals surface area contributed by atoms with E-state index < -0.39 is 8.07 Å². The molecule has 0 saturated carbocycles. The first-order chi connectivity index (χ1) is 22.9. The van der Waals surface area contributed by atoms with Crippen LogP contribution in [0.4, 0.5) is 0 Å². The van der Waals surface area contributed by atoms with Crippen molar-refractivity contribution in [2.24, 2.45) is 0 Å². The van der Waals surface area contributed by atoms with E-state index >= 15 is 0 Å². The van der Waals surface area contributed by atoms with E-state index in [1.807, 2.05) is 0 Å². The Kier molecular flexibility index (Phi) is 16.1. The van der Waals surface area contributed by atoms with Crippen LogP contribution in [0.2, 0.25) is 0 Å². The Hall–Kier alpha value is -1.06. The largest absolute Gasteiger partial charge is 1.00 e. The molecule has 0 bridgehead atoms. The number of hydrogen-bond acceptors (Lipinski definition) is 0. The van der Waals surface area contributed by atoms with Crippen LogP contribution in [0, 0.1) is 0 Å². The molecule has 0 aliphatic heterocycles. The predicted molar refractivity (Wildman–Crippen MR) is 226 cm³/mol. The molecule has 1 aliphatic rings. The van der Waals surface area contributed by atoms with Crippen LogP contribution in [0.25, 0.3) is 0 Å². The topological polar surface area (TPSA) is 0 Å². The summed E-state index contributed by atoms with van der Waals surface area (Å²) >= 11 is 2.45. The first kappa shape index (κ1) is 51.0. The Morgan fingerprint density at radius 1 is 0.426 bits per heavy atom. The average molecular weight is 842 g/mol. The van der Waals surface area contributed by atoms with Crippen LogP contribution in [0.1, 0.15) is 178 Å². The van der Waals surface area contributed by atoms with Crippen molar-refractivity contribution in [1.29, 1.82) is 0 Å². The van der Waals surface area contributed by atoms with E-state index in [9.17, 15) is 0 Å². The molecule has 0 spiro atoms. The molecule has 5 heteroatoms. The van der Waals surface area contributed by atoms with Crippen LogP contribution < -0.4 is 52.8 Å². The normalized spacial score (nSPS) is 14.6. The molecule has 0 fully saturated rings. The molecule has 0 amide bonds. The van der Waals surface area contributed by atoms with Gasteiger partial charge in [-0.1, -0.05) is 0 Å². The number of halogens is 3. The van der Waals surface area contributed by atoms with E-state index in [2.05, 4.69) is 213 Å². The summed E-state index contributed by atoms with van der Waals surface area (Å²) in [6.07, 6.45) is 4.65. The van der Waals surface area contributed by atoms with Gasteiger partial charge in [-0.25, -0.2) is 0 Å². The van der Waals surface area contributed by atoms with Crippen molar-refractivity contribution in [3.05, 3.63) is 109 Å². The van der Waals surface area contributed by atoms with Crippen molar-refractivity contribution >= 4 is 23.6 Å². The molecule has 0 N–H and O–H groups in total. The summed E-state index contributed by atoms with van der Waals surface area (Å²) in [6.45, 7) is 45.5. The molecule has 296 valence electrons. The maximum Gasteiger partial charge on any atom is -1.00 e. The van der Waals surface area contributed by atoms with Crippen molar-refractivity contribution in [3.8, 4) is 0 Å². The van der Waals surface area contributed by atoms with E-state index in [1.165, 1.54) is 48.9 Å². The third-order valence-corrected chi connectivity index (χ3v) is 17.2. The summed E-state index contributed by atoms with van der Waals surface area (Å²) in [7, 11) is -2.99. The maximum absolute atomic E-state index is 2.99. The van der Waals surface area contributed by atoms with E-state index in [4.69, 9.17) is 0 Å². The van der Waals surface area contributed by atoms with Crippen molar-refractivity contribution in [2.45, 2.75) is 177 Å². The first-order valence-electron chi connectivity index (χ1n) is 19.6. The quantitative estimate of drug-likeness (QED) is 0.274. The van der Waals surface area contributed by atoms with Crippen LogP contribution in [0.5, 0.6) is 0 Å². The Labute approximate surface area is 364 Å². The van der Waals surface area contributed by atoms with Crippen LogP contribution >= 0.6 is 0 Å². The summed E-state index contributed by atoms with van der Waals surface area (Å²) in [5.74, 6) is 0. The molecule has 0 saturated heterocycles. The summed E-state index contributed by atoms with van der Waals surface area (Å²) in [5.41, 5.74) is 10.2. The number of allylic oxidation sites excluding steroid dienone is 4. The molecule has 3 aromatic carbocycles. The summed E-state index contributed by atoms with van der Waals surface area (Å²) < 4.78 is 1.55. The van der Waals surface area contributed by atoms with Crippen LogP contribution in [-0.2, 0) is 52.9 Å². The SMILES string of the molecule is CCC1=CC[C]([Ti+3])=C1[Si](c1cc(C(C)(C)C)cc(C(C)(C)C)c1)(c1cc(C(C)(C)C)cc(C(C)(C)C)c1)c1cc(C(C)(C)C)cc(C(C)(C)C)c1.[Cl-].[Cl-].[Cl-]. The monoisotopic (exact) mass is 840 g/mol. The molecule has 0 radical (unpaired) electrons. The summed E-state index contributed by atoms with van der Waals surface area (Å²) in [6, 6.07) is 23.5. The third-order valence-electron chi connectivity index (χ3n) is 11.2. The Morgan fingerprint density at radius 2 is 0.648 bits per heavy atom. The van der Waals surface area contributed by atoms with E-state index in [0.717, 1.165) is 12.8 Å². The van der Waals surface area contributed by atoms with Gasteiger partial charge in [0, 0.05) is 0 Å². The van der Waals surface area contributed by atoms with Crippen molar-refractivity contribution in [1.82, 2.24) is 0 Å². The molecule has 0 nitrogen and oxygen atoms in total. The predicted octanol–water partition coefficient (Wildman–Crippen LogP) is 3.03. The second-order valence-corrected chi connectivity index (χ2v) is 26.5. The van der Waals surface area contributed by atoms with Gasteiger partial charge in [-0.05, 0) is 0 Å². The van der Waals surface area contributed by atoms with Gasteiger partial charge in [-0.15, -0.1) is 0 Å². The van der Waals surface area contributed by atoms with Gasteiger partial charge in [-0.3, -0.25) is 0 Å². The van der Waals surface area contributed by atoms with Gasteiger partial charge < -0.3 is 37.2 Å². The fourth-order valence-corrected chi connectivity index (χ4v) is 14.2. The van der Waals surface area contributed by atoms with Gasteiger partial charge in [0.1, 0.15) is 0 Å². The van der Waals surface area contributed by atoms with Crippen molar-refractivity contribution < 1.29 is 57.7 Å². The molecule has 4 rings (SSSR count). The molecule has 0 heterocycles. The molecular weight excluding hydrogens is 771 g/mol. The Morgan fingerprint density at radius 3 is 0.833 bits per heavy atom. The van der Waals surface area contributed by atoms with Gasteiger partial charge in [-0.2, -0.15) is 0 Å². The van der Waals surface area contributed by atoms with Gasteiger partial charge in [0.15, 0.2) is 0 Å². The minimum absolute atomic E-state index is 0. The maximum atomic E-state index is 2.66. The van der Waals surface area contributed by atoms with Crippen molar-refractivity contribution in [2.75, 3.05) is 0 Å². The van der Waals surface area contributed by atoms with Crippen molar-refractivity contribution in [3.63, 3.8) is 0 Å². The first-order valence-corrected chi connectivity index (χ1v) is 22.3. The molecule has 3 aromatic rings. The van der Waals surface area contributed by atoms with Gasteiger partial charge in [0.2, 0.25) is 0 Å². The molecule has 54 heavy (non-hydrogen) atoms. The van der Waals surface area contributed by atoms with E-state index in [1.54, 1.807) is 14.6 Å². The number of benzene rings is 3. The fraction of sp³-hybridized carbons (Fsp3) is 0.551. The minimum atomic E-state index is -2.99. The Bertz CT molecular complexity index is 1570.